The number of benzene rings is 2. The van der Waals surface area contributed by atoms with E-state index >= 15 is 0 Å². The fraction of sp³-hybridized carbons (Fsp3) is 0.360. The molecule has 2 aliphatic heterocycles. The lowest BCUT2D eigenvalue weighted by Gasteiger charge is -2.31. The zero-order valence-electron chi connectivity index (χ0n) is 18.4. The topological polar surface area (TPSA) is 81.8 Å². The summed E-state index contributed by atoms with van der Waals surface area (Å²) in [6.07, 6.45) is 4.23. The van der Waals surface area contributed by atoms with Crippen LogP contribution in [-0.2, 0) is 11.2 Å². The Morgan fingerprint density at radius 1 is 1.15 bits per heavy atom. The van der Waals surface area contributed by atoms with E-state index < -0.39 is 5.97 Å². The first-order chi connectivity index (χ1) is 16.0. The van der Waals surface area contributed by atoms with Crippen molar-refractivity contribution in [3.63, 3.8) is 0 Å². The van der Waals surface area contributed by atoms with Crippen LogP contribution < -0.4 is 15.3 Å². The van der Waals surface area contributed by atoms with Crippen LogP contribution in [0.4, 0.5) is 4.79 Å². The summed E-state index contributed by atoms with van der Waals surface area (Å²) in [5.74, 6) is -0.648. The summed E-state index contributed by atoms with van der Waals surface area (Å²) in [7, 11) is 0. The highest BCUT2D eigenvalue weighted by Crippen LogP contribution is 2.35. The first kappa shape index (κ1) is 21.8. The Kier molecular flexibility index (Phi) is 6.00. The minimum absolute atomic E-state index is 0.0490. The Morgan fingerprint density at radius 3 is 2.58 bits per heavy atom. The highest BCUT2D eigenvalue weighted by Gasteiger charge is 2.30. The van der Waals surface area contributed by atoms with Crippen molar-refractivity contribution >= 4 is 34.5 Å². The Bertz CT molecular complexity index is 1180. The molecule has 2 fully saturated rings. The summed E-state index contributed by atoms with van der Waals surface area (Å²) < 4.78 is 2.16. The molecule has 2 amide bonds. The number of nitrogens with zero attached hydrogens (tertiary/aromatic N) is 2. The van der Waals surface area contributed by atoms with E-state index in [1.165, 1.54) is 10.5 Å². The standard InChI is InChI=1S/C25H27ClN4O3/c26-19-3-6-23-21(14-19)22(15-30(23)20-4-1-17(2-5-20)13-24(31)32)18-7-10-28(11-8-18)16-29-12-9-27-25(29)33/h1-6,14-15,18H,7-13,16H2,(H,27,33)(H,31,32). The number of piperidine rings is 1. The number of fused-ring (bicyclic) bond motifs is 1. The molecule has 2 N–H and O–H groups in total. The summed E-state index contributed by atoms with van der Waals surface area (Å²) in [5.41, 5.74) is 4.09. The second-order valence-corrected chi connectivity index (χ2v) is 9.45. The summed E-state index contributed by atoms with van der Waals surface area (Å²) in [5, 5.41) is 15.6. The summed E-state index contributed by atoms with van der Waals surface area (Å²) in [6, 6.07) is 13.6. The number of aromatic nitrogens is 1. The van der Waals surface area contributed by atoms with Gasteiger partial charge in [0.05, 0.1) is 18.6 Å². The second kappa shape index (κ2) is 9.08. The maximum atomic E-state index is 11.9. The van der Waals surface area contributed by atoms with Crippen LogP contribution in [0.15, 0.2) is 48.7 Å². The molecular weight excluding hydrogens is 440 g/mol. The van der Waals surface area contributed by atoms with Crippen LogP contribution in [0.2, 0.25) is 5.02 Å². The smallest absolute Gasteiger partial charge is 0.321 e. The minimum atomic E-state index is -1.08. The number of quaternary nitrogens is 1. The van der Waals surface area contributed by atoms with Crippen molar-refractivity contribution in [1.29, 1.82) is 0 Å². The first-order valence-corrected chi connectivity index (χ1v) is 11.8. The molecule has 5 rings (SSSR count). The molecule has 7 nitrogen and oxygen atoms in total. The molecule has 0 aliphatic carbocycles. The number of hydrogen-bond donors (Lipinski definition) is 2. The minimum Gasteiger partial charge on any atom is -0.550 e. The van der Waals surface area contributed by atoms with Crippen LogP contribution in [0, 0.1) is 0 Å². The van der Waals surface area contributed by atoms with Gasteiger partial charge in [-0.25, -0.2) is 4.79 Å². The molecule has 0 spiro atoms. The number of carboxylic acids is 1. The van der Waals surface area contributed by atoms with E-state index in [1.54, 1.807) is 0 Å². The number of rotatable bonds is 6. The van der Waals surface area contributed by atoms with E-state index in [4.69, 9.17) is 11.6 Å². The zero-order valence-corrected chi connectivity index (χ0v) is 19.1. The van der Waals surface area contributed by atoms with Gasteiger partial charge < -0.3 is 24.7 Å². The third-order valence-electron chi connectivity index (χ3n) is 6.85. The number of likely N-dealkylation sites (tertiary alicyclic amines) is 1. The van der Waals surface area contributed by atoms with Crippen LogP contribution in [0.5, 0.6) is 0 Å². The number of carbonyl (C=O) groups excluding carboxylic acids is 2. The van der Waals surface area contributed by atoms with Crippen molar-refractivity contribution in [3.8, 4) is 5.69 Å². The van der Waals surface area contributed by atoms with Crippen molar-refractivity contribution in [1.82, 2.24) is 14.8 Å². The highest BCUT2D eigenvalue weighted by molar-refractivity contribution is 6.31. The number of halogens is 1. The fourth-order valence-corrected chi connectivity index (χ4v) is 5.31. The number of carbonyl (C=O) groups is 2. The number of hydrogen-bond acceptors (Lipinski definition) is 3. The summed E-state index contributed by atoms with van der Waals surface area (Å²) in [4.78, 5) is 26.1. The molecule has 2 aromatic carbocycles. The zero-order chi connectivity index (χ0) is 22.9. The monoisotopic (exact) mass is 466 g/mol. The van der Waals surface area contributed by atoms with E-state index in [0.717, 1.165) is 67.8 Å². The van der Waals surface area contributed by atoms with Crippen molar-refractivity contribution in [2.24, 2.45) is 0 Å². The average molecular weight is 467 g/mol. The predicted molar refractivity (Wildman–Crippen MR) is 125 cm³/mol. The maximum Gasteiger partial charge on any atom is 0.321 e. The SMILES string of the molecule is O=C([O-])Cc1ccc(-n2cc(C3CC[NH+](CN4CCNC4=O)CC3)c3cc(Cl)ccc32)cc1. The number of carboxylic acid groups (broad SMARTS) is 1. The molecule has 0 unspecified atom stereocenters. The lowest BCUT2D eigenvalue weighted by Crippen LogP contribution is -3.14. The van der Waals surface area contributed by atoms with Gasteiger partial charge in [-0.05, 0) is 47.4 Å². The number of nitrogens with one attached hydrogen (secondary N) is 2. The Labute approximate surface area is 197 Å². The van der Waals surface area contributed by atoms with Crippen molar-refractivity contribution in [2.45, 2.75) is 25.2 Å². The van der Waals surface area contributed by atoms with E-state index in [0.29, 0.717) is 10.9 Å². The number of amides is 2. The molecule has 0 saturated carbocycles. The highest BCUT2D eigenvalue weighted by atomic mass is 35.5. The van der Waals surface area contributed by atoms with Gasteiger partial charge in [0.25, 0.3) is 0 Å². The van der Waals surface area contributed by atoms with Crippen LogP contribution in [0.1, 0.15) is 29.9 Å². The van der Waals surface area contributed by atoms with Crippen molar-refractivity contribution < 1.29 is 19.6 Å². The van der Waals surface area contributed by atoms with E-state index in [2.05, 4.69) is 16.1 Å². The molecule has 0 atom stereocenters. The lowest BCUT2D eigenvalue weighted by molar-refractivity contribution is -0.913. The van der Waals surface area contributed by atoms with Gasteiger partial charge in [-0.3, -0.25) is 4.90 Å². The lowest BCUT2D eigenvalue weighted by atomic mass is 9.89. The van der Waals surface area contributed by atoms with E-state index in [9.17, 15) is 14.7 Å². The molecule has 2 saturated heterocycles. The van der Waals surface area contributed by atoms with Gasteiger partial charge in [0.15, 0.2) is 6.67 Å². The molecule has 1 aromatic heterocycles. The Hall–Kier alpha value is -3.03. The van der Waals surface area contributed by atoms with Gasteiger partial charge in [-0.1, -0.05) is 23.7 Å². The van der Waals surface area contributed by atoms with Crippen LogP contribution in [-0.4, -0.2) is 54.3 Å². The van der Waals surface area contributed by atoms with Gasteiger partial charge in [-0.15, -0.1) is 0 Å². The molecular formula is C25H27ClN4O3. The molecule has 33 heavy (non-hydrogen) atoms. The predicted octanol–water partition coefficient (Wildman–Crippen LogP) is 1.32. The van der Waals surface area contributed by atoms with Crippen LogP contribution in [0.25, 0.3) is 16.6 Å². The summed E-state index contributed by atoms with van der Waals surface area (Å²) in [6.45, 7) is 4.35. The molecule has 8 heteroatoms. The van der Waals surface area contributed by atoms with Gasteiger partial charge in [-0.2, -0.15) is 0 Å². The first-order valence-electron chi connectivity index (χ1n) is 11.4. The average Bonchev–Trinajstić information content (AvgIpc) is 3.37. The number of urea groups is 1. The molecule has 2 aliphatic rings. The van der Waals surface area contributed by atoms with Crippen molar-refractivity contribution in [3.05, 3.63) is 64.8 Å². The van der Waals surface area contributed by atoms with Gasteiger partial charge in [0, 0.05) is 60.6 Å². The molecule has 3 heterocycles. The Morgan fingerprint density at radius 2 is 1.91 bits per heavy atom. The normalized spacial score (nSPS) is 20.9. The third kappa shape index (κ3) is 4.56. The van der Waals surface area contributed by atoms with Gasteiger partial charge in [0.1, 0.15) is 0 Å². The molecule has 3 aromatic rings. The maximum absolute atomic E-state index is 11.9. The van der Waals surface area contributed by atoms with Crippen LogP contribution >= 0.6 is 11.6 Å². The van der Waals surface area contributed by atoms with Gasteiger partial charge >= 0.3 is 6.03 Å². The van der Waals surface area contributed by atoms with Gasteiger partial charge in [0.2, 0.25) is 0 Å². The van der Waals surface area contributed by atoms with E-state index in [1.807, 2.05) is 47.4 Å². The molecule has 172 valence electrons. The van der Waals surface area contributed by atoms with E-state index in [-0.39, 0.29) is 12.5 Å². The summed E-state index contributed by atoms with van der Waals surface area (Å²) >= 11 is 6.37. The third-order valence-corrected chi connectivity index (χ3v) is 7.09. The largest absolute Gasteiger partial charge is 0.550 e. The molecule has 0 radical (unpaired) electrons. The molecule has 0 bridgehead atoms. The quantitative estimate of drug-likeness (QED) is 0.575. The fourth-order valence-electron chi connectivity index (χ4n) is 5.13. The van der Waals surface area contributed by atoms with Crippen LogP contribution in [0.3, 0.4) is 0 Å². The number of aliphatic carboxylic acids is 1. The Balaban J connectivity index is 1.38. The van der Waals surface area contributed by atoms with Crippen molar-refractivity contribution in [2.75, 3.05) is 32.8 Å². The second-order valence-electron chi connectivity index (χ2n) is 9.01.